The lowest BCUT2D eigenvalue weighted by molar-refractivity contribution is -0.119. The van der Waals surface area contributed by atoms with E-state index >= 15 is 0 Å². The zero-order chi connectivity index (χ0) is 13.8. The van der Waals surface area contributed by atoms with Gasteiger partial charge in [0.1, 0.15) is 0 Å². The van der Waals surface area contributed by atoms with Gasteiger partial charge in [-0.1, -0.05) is 30.5 Å². The fourth-order valence-electron chi connectivity index (χ4n) is 2.71. The summed E-state index contributed by atoms with van der Waals surface area (Å²) in [6.07, 6.45) is 4.69. The van der Waals surface area contributed by atoms with E-state index < -0.39 is 0 Å². The van der Waals surface area contributed by atoms with Crippen molar-refractivity contribution < 1.29 is 4.79 Å². The maximum absolute atomic E-state index is 11.2. The Labute approximate surface area is 118 Å². The van der Waals surface area contributed by atoms with Crippen LogP contribution in [0.3, 0.4) is 0 Å². The van der Waals surface area contributed by atoms with Crippen LogP contribution in [0.1, 0.15) is 31.2 Å². The van der Waals surface area contributed by atoms with E-state index in [1.54, 1.807) is 6.07 Å². The van der Waals surface area contributed by atoms with Crippen molar-refractivity contribution in [2.45, 2.75) is 38.3 Å². The summed E-state index contributed by atoms with van der Waals surface area (Å²) in [7, 11) is 0. The lowest BCUT2D eigenvalue weighted by Gasteiger charge is -2.28. The molecule has 2 rings (SSSR count). The van der Waals surface area contributed by atoms with Crippen LogP contribution in [0.2, 0.25) is 5.02 Å². The van der Waals surface area contributed by atoms with Crippen LogP contribution in [0.4, 0.5) is 5.69 Å². The zero-order valence-electron chi connectivity index (χ0n) is 10.9. The molecule has 1 aromatic carbocycles. The maximum atomic E-state index is 11.2. The van der Waals surface area contributed by atoms with E-state index in [-0.39, 0.29) is 12.5 Å². The summed E-state index contributed by atoms with van der Waals surface area (Å²) in [6.45, 7) is 0.934. The highest BCUT2D eigenvalue weighted by atomic mass is 35.5. The highest BCUT2D eigenvalue weighted by molar-refractivity contribution is 6.30. The van der Waals surface area contributed by atoms with Gasteiger partial charge in [-0.15, -0.1) is 0 Å². The van der Waals surface area contributed by atoms with Crippen LogP contribution in [0, 0.1) is 0 Å². The Morgan fingerprint density at radius 2 is 2.05 bits per heavy atom. The highest BCUT2D eigenvalue weighted by Crippen LogP contribution is 2.26. The molecule has 1 aromatic rings. The Balaban J connectivity index is 2.12. The molecule has 19 heavy (non-hydrogen) atoms. The monoisotopic (exact) mass is 281 g/mol. The first-order valence-corrected chi connectivity index (χ1v) is 7.00. The van der Waals surface area contributed by atoms with Gasteiger partial charge >= 0.3 is 0 Å². The quantitative estimate of drug-likeness (QED) is 0.812. The van der Waals surface area contributed by atoms with Gasteiger partial charge in [-0.3, -0.25) is 9.69 Å². The number of nitrogens with zero attached hydrogens (tertiary/aromatic N) is 1. The maximum Gasteiger partial charge on any atom is 0.231 e. The van der Waals surface area contributed by atoms with Gasteiger partial charge in [0, 0.05) is 23.3 Å². The van der Waals surface area contributed by atoms with Crippen molar-refractivity contribution in [2.24, 2.45) is 5.73 Å². The third kappa shape index (κ3) is 3.85. The number of anilines is 1. The fourth-order valence-corrected chi connectivity index (χ4v) is 2.89. The van der Waals surface area contributed by atoms with Crippen LogP contribution < -0.4 is 11.5 Å². The first kappa shape index (κ1) is 14.2. The van der Waals surface area contributed by atoms with Gasteiger partial charge in [0.25, 0.3) is 0 Å². The largest absolute Gasteiger partial charge is 0.398 e. The molecule has 1 fully saturated rings. The molecule has 0 heterocycles. The lowest BCUT2D eigenvalue weighted by atomic mass is 10.1. The number of primary amides is 1. The molecule has 0 saturated heterocycles. The van der Waals surface area contributed by atoms with Gasteiger partial charge in [0.15, 0.2) is 0 Å². The third-order valence-electron chi connectivity index (χ3n) is 3.68. The van der Waals surface area contributed by atoms with E-state index in [0.29, 0.717) is 23.3 Å². The number of nitrogens with two attached hydrogens (primary N) is 2. The van der Waals surface area contributed by atoms with Crippen LogP contribution in [0.15, 0.2) is 18.2 Å². The van der Waals surface area contributed by atoms with Crippen molar-refractivity contribution in [3.8, 4) is 0 Å². The minimum absolute atomic E-state index is 0.284. The molecule has 0 bridgehead atoms. The third-order valence-corrected chi connectivity index (χ3v) is 3.92. The van der Waals surface area contributed by atoms with Crippen molar-refractivity contribution in [2.75, 3.05) is 12.3 Å². The molecule has 0 radical (unpaired) electrons. The number of hydrogen-bond donors (Lipinski definition) is 2. The predicted molar refractivity (Wildman–Crippen MR) is 77.7 cm³/mol. The van der Waals surface area contributed by atoms with Gasteiger partial charge < -0.3 is 11.5 Å². The second kappa shape index (κ2) is 6.26. The van der Waals surface area contributed by atoms with Gasteiger partial charge in [0.05, 0.1) is 6.54 Å². The topological polar surface area (TPSA) is 72.4 Å². The minimum atomic E-state index is -0.292. The van der Waals surface area contributed by atoms with Gasteiger partial charge in [0.2, 0.25) is 5.91 Å². The highest BCUT2D eigenvalue weighted by Gasteiger charge is 2.24. The van der Waals surface area contributed by atoms with Gasteiger partial charge in [-0.25, -0.2) is 0 Å². The molecule has 1 aliphatic rings. The van der Waals surface area contributed by atoms with Crippen LogP contribution in [-0.2, 0) is 11.3 Å². The van der Waals surface area contributed by atoms with Crippen LogP contribution >= 0.6 is 11.6 Å². The van der Waals surface area contributed by atoms with Crippen molar-refractivity contribution in [1.29, 1.82) is 0 Å². The van der Waals surface area contributed by atoms with Crippen molar-refractivity contribution >= 4 is 23.2 Å². The number of halogens is 1. The Bertz CT molecular complexity index is 458. The number of benzene rings is 1. The summed E-state index contributed by atoms with van der Waals surface area (Å²) >= 11 is 5.90. The minimum Gasteiger partial charge on any atom is -0.398 e. The SMILES string of the molecule is NC(=O)CN(Cc1ccc(Cl)cc1N)C1CCCC1. The lowest BCUT2D eigenvalue weighted by Crippen LogP contribution is -2.39. The molecule has 0 atom stereocenters. The van der Waals surface area contributed by atoms with Crippen LogP contribution in [0.25, 0.3) is 0 Å². The summed E-state index contributed by atoms with van der Waals surface area (Å²) in [5.41, 5.74) is 13.0. The number of carbonyl (C=O) groups excluding carboxylic acids is 1. The molecule has 0 aliphatic heterocycles. The van der Waals surface area contributed by atoms with Gasteiger partial charge in [-0.05, 0) is 30.5 Å². The number of amides is 1. The van der Waals surface area contributed by atoms with E-state index in [4.69, 9.17) is 23.1 Å². The van der Waals surface area contributed by atoms with E-state index in [2.05, 4.69) is 4.90 Å². The summed E-state index contributed by atoms with van der Waals surface area (Å²) in [4.78, 5) is 13.4. The molecule has 4 N–H and O–H groups in total. The standard InChI is InChI=1S/C14H20ClN3O/c15-11-6-5-10(13(16)7-11)8-18(9-14(17)19)12-3-1-2-4-12/h5-7,12H,1-4,8-9,16H2,(H2,17,19). The second-order valence-electron chi connectivity index (χ2n) is 5.15. The summed E-state index contributed by atoms with van der Waals surface area (Å²) < 4.78 is 0. The van der Waals surface area contributed by atoms with E-state index in [0.717, 1.165) is 18.4 Å². The van der Waals surface area contributed by atoms with E-state index in [1.807, 2.05) is 12.1 Å². The molecule has 0 spiro atoms. The summed E-state index contributed by atoms with van der Waals surface area (Å²) in [5, 5.41) is 0.628. The van der Waals surface area contributed by atoms with Gasteiger partial charge in [-0.2, -0.15) is 0 Å². The normalized spacial score (nSPS) is 16.1. The number of rotatable bonds is 5. The number of nitrogen functional groups attached to an aromatic ring is 1. The molecule has 4 nitrogen and oxygen atoms in total. The van der Waals surface area contributed by atoms with Crippen molar-refractivity contribution in [3.05, 3.63) is 28.8 Å². The fraction of sp³-hybridized carbons (Fsp3) is 0.500. The smallest absolute Gasteiger partial charge is 0.231 e. The Kier molecular flexibility index (Phi) is 4.66. The molecule has 1 amide bonds. The molecule has 5 heteroatoms. The zero-order valence-corrected chi connectivity index (χ0v) is 11.7. The molecule has 0 unspecified atom stereocenters. The van der Waals surface area contributed by atoms with E-state index in [9.17, 15) is 4.79 Å². The number of hydrogen-bond acceptors (Lipinski definition) is 3. The molecule has 1 saturated carbocycles. The molecule has 104 valence electrons. The first-order valence-electron chi connectivity index (χ1n) is 6.62. The Morgan fingerprint density at radius 3 is 2.63 bits per heavy atom. The molecule has 0 aromatic heterocycles. The summed E-state index contributed by atoms with van der Waals surface area (Å²) in [5.74, 6) is -0.292. The molecular weight excluding hydrogens is 262 g/mol. The summed E-state index contributed by atoms with van der Waals surface area (Å²) in [6, 6.07) is 5.92. The Morgan fingerprint density at radius 1 is 1.37 bits per heavy atom. The first-order chi connectivity index (χ1) is 9.06. The average molecular weight is 282 g/mol. The van der Waals surface area contributed by atoms with Crippen molar-refractivity contribution in [1.82, 2.24) is 4.90 Å². The Hall–Kier alpha value is -1.26. The van der Waals surface area contributed by atoms with Crippen LogP contribution in [0.5, 0.6) is 0 Å². The van der Waals surface area contributed by atoms with Crippen molar-refractivity contribution in [3.63, 3.8) is 0 Å². The average Bonchev–Trinajstić information content (AvgIpc) is 2.84. The number of carbonyl (C=O) groups is 1. The molecular formula is C14H20ClN3O. The second-order valence-corrected chi connectivity index (χ2v) is 5.59. The van der Waals surface area contributed by atoms with E-state index in [1.165, 1.54) is 12.8 Å². The van der Waals surface area contributed by atoms with Crippen LogP contribution in [-0.4, -0.2) is 23.4 Å². The molecule has 1 aliphatic carbocycles. The predicted octanol–water partition coefficient (Wildman–Crippen LogP) is 2.15.